The number of aryl methyl sites for hydroxylation is 1. The molecule has 0 aliphatic carbocycles. The van der Waals surface area contributed by atoms with Crippen LogP contribution in [0.4, 0.5) is 9.59 Å². The van der Waals surface area contributed by atoms with Crippen LogP contribution in [-0.4, -0.2) is 137 Å². The standard InChI is InChI=1S/C55H89N7O12/c1-20-71-48(67)38(27-24-25-31-56-50(69)73-53(9,10)11)57-42(63)30-29-39(49(68)72-21-2)58-45(64)35(5)32-41(34(3)4)61(18)47(66)43(52(6,7)8)59-46(65)44(62(19)51(70)74-54(12,13)14)55(15,16)37-33-60(17)40-28-23-22-26-36(37)40/h22-23,26,28,32-34,38-39,41,43-44H,20-21,24-25,27,29-31H2,1-19H3,(H,56,69)(H,57,63)(H,58,64)(H,59,65)/b35-32+/t38-,39-,41-,43-,44-/m1/s1. The van der Waals surface area contributed by atoms with Gasteiger partial charge in [-0.25, -0.2) is 19.2 Å². The second-order valence-corrected chi connectivity index (χ2v) is 22.8. The minimum atomic E-state index is -1.25. The Morgan fingerprint density at radius 2 is 1.28 bits per heavy atom. The molecule has 74 heavy (non-hydrogen) atoms. The van der Waals surface area contributed by atoms with E-state index in [1.807, 2.05) is 90.5 Å². The maximum absolute atomic E-state index is 15.0. The first kappa shape index (κ1) is 64.0. The highest BCUT2D eigenvalue weighted by Crippen LogP contribution is 2.37. The predicted octanol–water partition coefficient (Wildman–Crippen LogP) is 7.22. The van der Waals surface area contributed by atoms with Gasteiger partial charge < -0.3 is 49.7 Å². The normalized spacial score (nSPS) is 14.4. The van der Waals surface area contributed by atoms with E-state index in [4.69, 9.17) is 18.9 Å². The fourth-order valence-corrected chi connectivity index (χ4v) is 8.51. The number of esters is 2. The Hall–Kier alpha value is -6.14. The van der Waals surface area contributed by atoms with Crippen LogP contribution < -0.4 is 21.3 Å². The molecule has 1 heterocycles. The van der Waals surface area contributed by atoms with Crippen molar-refractivity contribution in [1.82, 2.24) is 35.6 Å². The zero-order valence-electron chi connectivity index (χ0n) is 47.8. The topological polar surface area (TPSA) is 233 Å². The molecule has 1 aromatic heterocycles. The average molecular weight is 1040 g/mol. The van der Waals surface area contributed by atoms with Crippen LogP contribution in [0.1, 0.15) is 148 Å². The lowest BCUT2D eigenvalue weighted by atomic mass is 9.76. The number of nitrogens with one attached hydrogen (secondary N) is 4. The molecule has 19 heteroatoms. The van der Waals surface area contributed by atoms with E-state index in [1.54, 1.807) is 75.4 Å². The molecule has 0 saturated carbocycles. The lowest BCUT2D eigenvalue weighted by Crippen LogP contribution is -2.63. The van der Waals surface area contributed by atoms with E-state index in [1.165, 1.54) is 16.8 Å². The molecule has 0 unspecified atom stereocenters. The van der Waals surface area contributed by atoms with Crippen molar-refractivity contribution in [3.8, 4) is 0 Å². The third kappa shape index (κ3) is 19.3. The predicted molar refractivity (Wildman–Crippen MR) is 285 cm³/mol. The fourth-order valence-electron chi connectivity index (χ4n) is 8.51. The number of carbonyl (C=O) groups excluding carboxylic acids is 8. The molecule has 6 amide bonds. The van der Waals surface area contributed by atoms with Crippen LogP contribution >= 0.6 is 0 Å². The number of aromatic nitrogens is 1. The Morgan fingerprint density at radius 3 is 1.81 bits per heavy atom. The number of nitrogens with zero attached hydrogens (tertiary/aromatic N) is 3. The number of ether oxygens (including phenoxy) is 4. The van der Waals surface area contributed by atoms with Crippen molar-refractivity contribution < 1.29 is 57.3 Å². The van der Waals surface area contributed by atoms with Crippen molar-refractivity contribution in [3.63, 3.8) is 0 Å². The Kier molecular flexibility index (Phi) is 23.7. The number of unbranched alkanes of at least 4 members (excludes halogenated alkanes) is 1. The van der Waals surface area contributed by atoms with Gasteiger partial charge in [-0.05, 0) is 111 Å². The van der Waals surface area contributed by atoms with Crippen LogP contribution in [0.3, 0.4) is 0 Å². The highest BCUT2D eigenvalue weighted by molar-refractivity contribution is 5.97. The van der Waals surface area contributed by atoms with Gasteiger partial charge in [0.05, 0.1) is 19.3 Å². The Bertz CT molecular complexity index is 2300. The second-order valence-electron chi connectivity index (χ2n) is 22.8. The lowest BCUT2D eigenvalue weighted by Gasteiger charge is -2.42. The summed E-state index contributed by atoms with van der Waals surface area (Å²) in [5.41, 5.74) is -1.48. The summed E-state index contributed by atoms with van der Waals surface area (Å²) in [6.07, 6.45) is 3.02. The van der Waals surface area contributed by atoms with Crippen LogP contribution in [0.5, 0.6) is 0 Å². The van der Waals surface area contributed by atoms with Crippen LogP contribution in [0.2, 0.25) is 0 Å². The SMILES string of the molecule is CCOC(=O)[C@@H](CCCCNC(=O)OC(C)(C)C)NC(=O)CC[C@@H](NC(=O)/C(C)=C/[C@H](C(C)C)N(C)C(=O)[C@@H](NC(=O)[C@@H](N(C)C(=O)OC(C)(C)C)C(C)(C)c1cn(C)c2ccccc12)C(C)(C)C)C(=O)OCC. The number of rotatable bonds is 24. The van der Waals surface area contributed by atoms with Crippen molar-refractivity contribution in [1.29, 1.82) is 0 Å². The van der Waals surface area contributed by atoms with Crippen molar-refractivity contribution in [2.75, 3.05) is 33.9 Å². The number of benzene rings is 1. The number of likely N-dealkylation sites (N-methyl/N-ethyl adjacent to an activating group) is 2. The molecule has 2 aromatic rings. The molecule has 416 valence electrons. The van der Waals surface area contributed by atoms with Gasteiger partial charge >= 0.3 is 24.1 Å². The molecule has 0 radical (unpaired) electrons. The van der Waals surface area contributed by atoms with Gasteiger partial charge in [0.1, 0.15) is 35.4 Å². The van der Waals surface area contributed by atoms with Gasteiger partial charge in [0, 0.05) is 62.2 Å². The summed E-state index contributed by atoms with van der Waals surface area (Å²) in [6.45, 7) is 28.7. The molecule has 0 bridgehead atoms. The van der Waals surface area contributed by atoms with Crippen molar-refractivity contribution in [2.45, 2.75) is 190 Å². The van der Waals surface area contributed by atoms with E-state index >= 15 is 0 Å². The van der Waals surface area contributed by atoms with E-state index in [0.717, 1.165) is 16.5 Å². The molecule has 0 fully saturated rings. The molecule has 19 nitrogen and oxygen atoms in total. The summed E-state index contributed by atoms with van der Waals surface area (Å²) in [4.78, 5) is 112. The summed E-state index contributed by atoms with van der Waals surface area (Å²) >= 11 is 0. The smallest absolute Gasteiger partial charge is 0.410 e. The van der Waals surface area contributed by atoms with Gasteiger partial charge in [-0.2, -0.15) is 0 Å². The second kappa shape index (κ2) is 27.4. The molecule has 0 spiro atoms. The van der Waals surface area contributed by atoms with Gasteiger partial charge in [0.15, 0.2) is 0 Å². The quantitative estimate of drug-likeness (QED) is 0.0353. The summed E-state index contributed by atoms with van der Waals surface area (Å²) in [5.74, 6) is -3.90. The highest BCUT2D eigenvalue weighted by Gasteiger charge is 2.47. The molecule has 2 rings (SSSR count). The summed E-state index contributed by atoms with van der Waals surface area (Å²) in [5, 5.41) is 12.0. The molecule has 0 aliphatic rings. The molecule has 1 aromatic carbocycles. The van der Waals surface area contributed by atoms with E-state index in [9.17, 15) is 38.4 Å². The van der Waals surface area contributed by atoms with Crippen LogP contribution in [-0.2, 0) is 60.2 Å². The van der Waals surface area contributed by atoms with Crippen molar-refractivity contribution in [2.24, 2.45) is 18.4 Å². The number of hydrogen-bond donors (Lipinski definition) is 4. The van der Waals surface area contributed by atoms with Gasteiger partial charge in [-0.1, -0.05) is 72.7 Å². The number of carbonyl (C=O) groups is 8. The van der Waals surface area contributed by atoms with E-state index in [-0.39, 0.29) is 50.5 Å². The third-order valence-corrected chi connectivity index (χ3v) is 12.3. The van der Waals surface area contributed by atoms with Crippen molar-refractivity contribution in [3.05, 3.63) is 47.7 Å². The average Bonchev–Trinajstić information content (AvgIpc) is 3.62. The Morgan fingerprint density at radius 1 is 0.730 bits per heavy atom. The number of para-hydroxylation sites is 1. The number of fused-ring (bicyclic) bond motifs is 1. The minimum Gasteiger partial charge on any atom is -0.464 e. The highest BCUT2D eigenvalue weighted by atomic mass is 16.6. The van der Waals surface area contributed by atoms with Crippen LogP contribution in [0.25, 0.3) is 10.9 Å². The largest absolute Gasteiger partial charge is 0.464 e. The summed E-state index contributed by atoms with van der Waals surface area (Å²) in [6, 6.07) is 2.56. The maximum atomic E-state index is 15.0. The van der Waals surface area contributed by atoms with E-state index < -0.39 is 100.0 Å². The minimum absolute atomic E-state index is 0.00640. The van der Waals surface area contributed by atoms with Crippen LogP contribution in [0.15, 0.2) is 42.1 Å². The molecular formula is C55H89N7O12. The fraction of sp³-hybridized carbons (Fsp3) is 0.673. The van der Waals surface area contributed by atoms with Gasteiger partial charge in [0.25, 0.3) is 0 Å². The number of alkyl carbamates (subject to hydrolysis) is 1. The van der Waals surface area contributed by atoms with Gasteiger partial charge in [-0.15, -0.1) is 0 Å². The van der Waals surface area contributed by atoms with E-state index in [2.05, 4.69) is 21.3 Å². The molecule has 4 N–H and O–H groups in total. The molecule has 5 atom stereocenters. The molecular weight excluding hydrogens is 951 g/mol. The van der Waals surface area contributed by atoms with Gasteiger partial charge in [-0.3, -0.25) is 24.1 Å². The van der Waals surface area contributed by atoms with Crippen LogP contribution in [0, 0.1) is 11.3 Å². The van der Waals surface area contributed by atoms with Crippen molar-refractivity contribution >= 4 is 58.7 Å². The lowest BCUT2D eigenvalue weighted by molar-refractivity contribution is -0.148. The van der Waals surface area contributed by atoms with E-state index in [0.29, 0.717) is 12.8 Å². The maximum Gasteiger partial charge on any atom is 0.410 e. The summed E-state index contributed by atoms with van der Waals surface area (Å²) < 4.78 is 23.4. The zero-order chi connectivity index (χ0) is 56.7. The number of amides is 6. The first-order valence-corrected chi connectivity index (χ1v) is 25.7. The Labute approximate surface area is 439 Å². The van der Waals surface area contributed by atoms with Gasteiger partial charge in [0.2, 0.25) is 23.6 Å². The first-order valence-electron chi connectivity index (χ1n) is 25.7. The first-order chi connectivity index (χ1) is 34.1. The molecule has 0 saturated heterocycles. The summed E-state index contributed by atoms with van der Waals surface area (Å²) in [7, 11) is 5.02. The number of hydrogen-bond acceptors (Lipinski definition) is 12. The zero-order valence-corrected chi connectivity index (χ0v) is 47.8. The monoisotopic (exact) mass is 1040 g/mol. The Balaban J connectivity index is 2.38. The third-order valence-electron chi connectivity index (χ3n) is 12.3. The molecule has 0 aliphatic heterocycles.